The van der Waals surface area contributed by atoms with Crippen molar-refractivity contribution in [2.24, 2.45) is 0 Å². The predicted octanol–water partition coefficient (Wildman–Crippen LogP) is 12.1. The fourth-order valence-corrected chi connectivity index (χ4v) is 7.11. The lowest BCUT2D eigenvalue weighted by Gasteiger charge is -2.34. The van der Waals surface area contributed by atoms with Gasteiger partial charge in [0, 0.05) is 29.7 Å². The van der Waals surface area contributed by atoms with Gasteiger partial charge in [0.15, 0.2) is 0 Å². The summed E-state index contributed by atoms with van der Waals surface area (Å²) in [6.45, 7) is 4.51. The second-order valence-corrected chi connectivity index (χ2v) is 12.6. The van der Waals surface area contributed by atoms with Crippen LogP contribution in [0.1, 0.15) is 111 Å². The Morgan fingerprint density at radius 2 is 1.06 bits per heavy atom. The first-order chi connectivity index (χ1) is 22.9. The summed E-state index contributed by atoms with van der Waals surface area (Å²) in [5.74, 6) is 0. The van der Waals surface area contributed by atoms with Crippen LogP contribution in [-0.2, 0) is 5.41 Å². The molecule has 0 unspecified atom stereocenters. The molecule has 0 aliphatic heterocycles. The third-order valence-electron chi connectivity index (χ3n) is 9.49. The van der Waals surface area contributed by atoms with E-state index >= 15 is 0 Å². The topological polar surface area (TPSA) is 86.3 Å². The zero-order valence-electron chi connectivity index (χ0n) is 27.5. The van der Waals surface area contributed by atoms with E-state index < -0.39 is 0 Å². The molecule has 0 amide bonds. The average molecular weight is 629 g/mol. The first kappa shape index (κ1) is 33.5. The van der Waals surface area contributed by atoms with Gasteiger partial charge in [0.1, 0.15) is 0 Å². The van der Waals surface area contributed by atoms with Crippen molar-refractivity contribution in [1.82, 2.24) is 0 Å². The molecule has 0 radical (unpaired) electrons. The molecule has 6 heteroatoms. The van der Waals surface area contributed by atoms with Gasteiger partial charge in [-0.25, -0.2) is 0 Å². The monoisotopic (exact) mass is 628 g/mol. The van der Waals surface area contributed by atoms with Gasteiger partial charge in [-0.15, -0.1) is 0 Å². The molecule has 0 fully saturated rings. The summed E-state index contributed by atoms with van der Waals surface area (Å²) in [5, 5.41) is 22.4. The highest BCUT2D eigenvalue weighted by atomic mass is 16.6. The highest BCUT2D eigenvalue weighted by molar-refractivity contribution is 5.93. The summed E-state index contributed by atoms with van der Waals surface area (Å²) in [6, 6.07) is 26.7. The van der Waals surface area contributed by atoms with Gasteiger partial charge < -0.3 is 0 Å². The standard InChI is InChI=1S/C41H44N2O4/c1-3-5-7-11-29-41(30-12-8-6-4-2)38-14-10-9-13-37(38)39-33(21-15-31-17-25-35(26-18-31)42(44)45)23-24-34(40(39)41)22-16-32-19-27-36(28-20-32)43(46)47/h9-10,13-28H,3-8,11-12,29-30H2,1-2H3/b21-15+,22-16+. The Labute approximate surface area is 278 Å². The molecule has 0 N–H and O–H groups in total. The van der Waals surface area contributed by atoms with Gasteiger partial charge in [-0.1, -0.05) is 126 Å². The van der Waals surface area contributed by atoms with Crippen LogP contribution in [0, 0.1) is 20.2 Å². The molecule has 0 spiro atoms. The lowest BCUT2D eigenvalue weighted by molar-refractivity contribution is -0.385. The van der Waals surface area contributed by atoms with Crippen molar-refractivity contribution in [2.75, 3.05) is 0 Å². The third kappa shape index (κ3) is 7.60. The van der Waals surface area contributed by atoms with E-state index in [0.29, 0.717) is 0 Å². The normalized spacial score (nSPS) is 13.2. The number of nitro benzene ring substituents is 2. The van der Waals surface area contributed by atoms with Crippen LogP contribution in [0.5, 0.6) is 0 Å². The lowest BCUT2D eigenvalue weighted by Crippen LogP contribution is -2.26. The molecule has 0 bridgehead atoms. The Balaban J connectivity index is 1.66. The Bertz CT molecular complexity index is 1740. The van der Waals surface area contributed by atoms with Crippen LogP contribution in [0.4, 0.5) is 11.4 Å². The van der Waals surface area contributed by atoms with Gasteiger partial charge in [0.25, 0.3) is 11.4 Å². The number of rotatable bonds is 16. The van der Waals surface area contributed by atoms with Crippen molar-refractivity contribution in [1.29, 1.82) is 0 Å². The van der Waals surface area contributed by atoms with Gasteiger partial charge in [0.05, 0.1) is 9.85 Å². The van der Waals surface area contributed by atoms with Crippen LogP contribution in [-0.4, -0.2) is 9.85 Å². The van der Waals surface area contributed by atoms with Gasteiger partial charge in [-0.3, -0.25) is 20.2 Å². The van der Waals surface area contributed by atoms with Crippen LogP contribution < -0.4 is 0 Å². The van der Waals surface area contributed by atoms with Crippen LogP contribution in [0.25, 0.3) is 35.4 Å². The van der Waals surface area contributed by atoms with Crippen LogP contribution in [0.15, 0.2) is 84.9 Å². The highest BCUT2D eigenvalue weighted by Crippen LogP contribution is 2.57. The summed E-state index contributed by atoms with van der Waals surface area (Å²) in [5.41, 5.74) is 9.48. The van der Waals surface area contributed by atoms with Crippen LogP contribution in [0.2, 0.25) is 0 Å². The summed E-state index contributed by atoms with van der Waals surface area (Å²) in [7, 11) is 0. The van der Waals surface area contributed by atoms with Crippen molar-refractivity contribution >= 4 is 35.7 Å². The van der Waals surface area contributed by atoms with Gasteiger partial charge in [-0.2, -0.15) is 0 Å². The van der Waals surface area contributed by atoms with Crippen molar-refractivity contribution in [3.05, 3.63) is 139 Å². The Hall–Kier alpha value is -4.84. The smallest absolute Gasteiger partial charge is 0.258 e. The molecular weight excluding hydrogens is 584 g/mol. The predicted molar refractivity (Wildman–Crippen MR) is 194 cm³/mol. The number of non-ortho nitro benzene ring substituents is 2. The molecule has 0 saturated heterocycles. The second-order valence-electron chi connectivity index (χ2n) is 12.6. The van der Waals surface area contributed by atoms with E-state index in [-0.39, 0.29) is 26.6 Å². The number of benzene rings is 4. The molecule has 0 atom stereocenters. The third-order valence-corrected chi connectivity index (χ3v) is 9.49. The maximum atomic E-state index is 11.2. The quantitative estimate of drug-likeness (QED) is 0.0534. The van der Waals surface area contributed by atoms with E-state index in [1.54, 1.807) is 48.5 Å². The first-order valence-electron chi connectivity index (χ1n) is 17.0. The lowest BCUT2D eigenvalue weighted by atomic mass is 9.69. The molecule has 1 aliphatic rings. The molecule has 4 aromatic rings. The average Bonchev–Trinajstić information content (AvgIpc) is 3.38. The van der Waals surface area contributed by atoms with Crippen molar-refractivity contribution in [2.45, 2.75) is 83.5 Å². The first-order valence-corrected chi connectivity index (χ1v) is 17.0. The number of nitrogens with zero attached hydrogens (tertiary/aromatic N) is 2. The van der Waals surface area contributed by atoms with Crippen molar-refractivity contribution in [3.8, 4) is 11.1 Å². The highest BCUT2D eigenvalue weighted by Gasteiger charge is 2.44. The molecule has 47 heavy (non-hydrogen) atoms. The molecule has 6 nitrogen and oxygen atoms in total. The van der Waals surface area contributed by atoms with E-state index in [1.807, 2.05) is 6.08 Å². The van der Waals surface area contributed by atoms with E-state index in [0.717, 1.165) is 42.4 Å². The SMILES string of the molecule is CCCCCCC1(CCCCCC)c2ccccc2-c2c(/C=C/c3ccc([N+](=O)[O-])cc3)ccc(/C=C/c3ccc([N+](=O)[O-])cc3)c21. The molecule has 0 heterocycles. The van der Waals surface area contributed by atoms with Crippen LogP contribution >= 0.6 is 0 Å². The number of unbranched alkanes of at least 4 members (excludes halogenated alkanes) is 6. The molecule has 5 rings (SSSR count). The van der Waals surface area contributed by atoms with Gasteiger partial charge in [-0.05, 0) is 81.6 Å². The summed E-state index contributed by atoms with van der Waals surface area (Å²) in [4.78, 5) is 21.7. The minimum Gasteiger partial charge on any atom is -0.258 e. The van der Waals surface area contributed by atoms with E-state index in [4.69, 9.17) is 0 Å². The number of fused-ring (bicyclic) bond motifs is 3. The minimum absolute atomic E-state index is 0.0806. The number of nitro groups is 2. The number of hydrogen-bond donors (Lipinski definition) is 0. The molecule has 0 saturated carbocycles. The summed E-state index contributed by atoms with van der Waals surface area (Å²) in [6.07, 6.45) is 20.2. The zero-order valence-corrected chi connectivity index (χ0v) is 27.5. The fraction of sp³-hybridized carbons (Fsp3) is 0.317. The van der Waals surface area contributed by atoms with E-state index in [9.17, 15) is 20.2 Å². The summed E-state index contributed by atoms with van der Waals surface area (Å²) >= 11 is 0. The van der Waals surface area contributed by atoms with E-state index in [1.165, 1.54) is 66.3 Å². The zero-order chi connectivity index (χ0) is 33.2. The summed E-state index contributed by atoms with van der Waals surface area (Å²) < 4.78 is 0. The van der Waals surface area contributed by atoms with Gasteiger partial charge >= 0.3 is 0 Å². The van der Waals surface area contributed by atoms with Crippen molar-refractivity contribution < 1.29 is 9.85 Å². The molecular formula is C41H44N2O4. The maximum Gasteiger partial charge on any atom is 0.269 e. The Morgan fingerprint density at radius 1 is 0.574 bits per heavy atom. The number of hydrogen-bond acceptors (Lipinski definition) is 4. The maximum absolute atomic E-state index is 11.2. The molecule has 0 aromatic heterocycles. The Morgan fingerprint density at radius 3 is 1.57 bits per heavy atom. The molecule has 1 aliphatic carbocycles. The largest absolute Gasteiger partial charge is 0.269 e. The molecule has 4 aromatic carbocycles. The van der Waals surface area contributed by atoms with Crippen LogP contribution in [0.3, 0.4) is 0 Å². The fourth-order valence-electron chi connectivity index (χ4n) is 7.11. The second kappa shape index (κ2) is 15.6. The van der Waals surface area contributed by atoms with Crippen molar-refractivity contribution in [3.63, 3.8) is 0 Å². The molecule has 242 valence electrons. The van der Waals surface area contributed by atoms with E-state index in [2.05, 4.69) is 68.5 Å². The van der Waals surface area contributed by atoms with Gasteiger partial charge in [0.2, 0.25) is 0 Å². The Kier molecular flexibility index (Phi) is 11.2. The minimum atomic E-state index is -0.374.